The molecule has 0 radical (unpaired) electrons. The van der Waals surface area contributed by atoms with Gasteiger partial charge >= 0.3 is 5.97 Å². The van der Waals surface area contributed by atoms with E-state index < -0.39 is 11.9 Å². The van der Waals surface area contributed by atoms with Crippen LogP contribution in [0.5, 0.6) is 0 Å². The largest absolute Gasteiger partial charge is 0.464 e. The molecule has 1 amide bonds. The number of hydrogen-bond donors (Lipinski definition) is 2. The van der Waals surface area contributed by atoms with Gasteiger partial charge in [0.25, 0.3) is 5.91 Å². The van der Waals surface area contributed by atoms with Crippen molar-refractivity contribution < 1.29 is 19.1 Å². The SMILES string of the molecule is C=C(NC(=O)C(=C)N1CCc2cccc(-c3ccc(NC)cc3)c2C1)C(=O)OC.CC=O. The van der Waals surface area contributed by atoms with Crippen molar-refractivity contribution in [3.05, 3.63) is 78.1 Å². The van der Waals surface area contributed by atoms with Crippen LogP contribution in [0.1, 0.15) is 18.1 Å². The van der Waals surface area contributed by atoms with Crippen LogP contribution >= 0.6 is 0 Å². The third-order valence-corrected chi connectivity index (χ3v) is 5.10. The summed E-state index contributed by atoms with van der Waals surface area (Å²) in [5.41, 5.74) is 5.94. The van der Waals surface area contributed by atoms with Crippen LogP contribution in [0.25, 0.3) is 11.1 Å². The minimum absolute atomic E-state index is 0.110. The minimum atomic E-state index is -0.678. The minimum Gasteiger partial charge on any atom is -0.464 e. The molecule has 2 N–H and O–H groups in total. The van der Waals surface area contributed by atoms with E-state index in [0.717, 1.165) is 29.5 Å². The van der Waals surface area contributed by atoms with Crippen molar-refractivity contribution in [1.29, 1.82) is 0 Å². The molecule has 3 rings (SSSR count). The zero-order valence-electron chi connectivity index (χ0n) is 18.7. The number of rotatable bonds is 6. The summed E-state index contributed by atoms with van der Waals surface area (Å²) in [4.78, 5) is 34.7. The summed E-state index contributed by atoms with van der Waals surface area (Å²) < 4.78 is 4.56. The Morgan fingerprint density at radius 3 is 2.38 bits per heavy atom. The number of amides is 1. The molecule has 0 aromatic heterocycles. The Balaban J connectivity index is 0.00000114. The van der Waals surface area contributed by atoms with Crippen LogP contribution in [-0.2, 0) is 32.1 Å². The van der Waals surface area contributed by atoms with Gasteiger partial charge in [0.05, 0.1) is 12.8 Å². The molecule has 0 saturated heterocycles. The summed E-state index contributed by atoms with van der Waals surface area (Å²) >= 11 is 0. The van der Waals surface area contributed by atoms with Crippen molar-refractivity contribution in [2.45, 2.75) is 19.9 Å². The molecule has 2 aromatic rings. The van der Waals surface area contributed by atoms with Crippen LogP contribution in [0.3, 0.4) is 0 Å². The van der Waals surface area contributed by atoms with Crippen molar-refractivity contribution in [3.63, 3.8) is 0 Å². The Morgan fingerprint density at radius 1 is 1.12 bits per heavy atom. The van der Waals surface area contributed by atoms with E-state index in [1.54, 1.807) is 0 Å². The van der Waals surface area contributed by atoms with Gasteiger partial charge < -0.3 is 25.1 Å². The molecule has 0 spiro atoms. The Labute approximate surface area is 188 Å². The van der Waals surface area contributed by atoms with Gasteiger partial charge in [0.15, 0.2) is 0 Å². The summed E-state index contributed by atoms with van der Waals surface area (Å²) in [6, 6.07) is 14.5. The topological polar surface area (TPSA) is 87.7 Å². The molecule has 1 aliphatic heterocycles. The molecule has 0 bridgehead atoms. The van der Waals surface area contributed by atoms with Crippen molar-refractivity contribution in [1.82, 2.24) is 10.2 Å². The number of nitrogens with one attached hydrogen (secondary N) is 2. The van der Waals surface area contributed by atoms with E-state index in [1.807, 2.05) is 24.1 Å². The average Bonchev–Trinajstić information content (AvgIpc) is 2.82. The maximum absolute atomic E-state index is 12.5. The highest BCUT2D eigenvalue weighted by Gasteiger charge is 2.24. The van der Waals surface area contributed by atoms with Crippen molar-refractivity contribution >= 4 is 23.9 Å². The third kappa shape index (κ3) is 5.85. The Bertz CT molecular complexity index is 1010. The van der Waals surface area contributed by atoms with Gasteiger partial charge in [-0.15, -0.1) is 0 Å². The molecule has 1 aliphatic rings. The summed E-state index contributed by atoms with van der Waals surface area (Å²) in [6.45, 7) is 10.1. The molecule has 0 atom stereocenters. The lowest BCUT2D eigenvalue weighted by atomic mass is 9.91. The van der Waals surface area contributed by atoms with E-state index in [2.05, 4.69) is 58.9 Å². The summed E-state index contributed by atoms with van der Waals surface area (Å²) in [7, 11) is 3.13. The molecule has 0 aliphatic carbocycles. The average molecular weight is 436 g/mol. The van der Waals surface area contributed by atoms with E-state index in [4.69, 9.17) is 4.79 Å². The number of nitrogens with zero attached hydrogens (tertiary/aromatic N) is 1. The van der Waals surface area contributed by atoms with E-state index >= 15 is 0 Å². The number of methoxy groups -OCH3 is 1. The maximum atomic E-state index is 12.5. The zero-order valence-corrected chi connectivity index (χ0v) is 18.7. The molecule has 7 nitrogen and oxygen atoms in total. The number of benzene rings is 2. The number of ether oxygens (including phenoxy) is 1. The Hall–Kier alpha value is -3.87. The summed E-state index contributed by atoms with van der Waals surface area (Å²) in [6.07, 6.45) is 1.56. The summed E-state index contributed by atoms with van der Waals surface area (Å²) in [5, 5.41) is 5.58. The highest BCUT2D eigenvalue weighted by atomic mass is 16.5. The third-order valence-electron chi connectivity index (χ3n) is 5.10. The highest BCUT2D eigenvalue weighted by molar-refractivity contribution is 5.99. The fraction of sp³-hybridized carbons (Fsp3) is 0.240. The first-order valence-corrected chi connectivity index (χ1v) is 10.2. The Morgan fingerprint density at radius 2 is 1.78 bits per heavy atom. The fourth-order valence-corrected chi connectivity index (χ4v) is 3.43. The number of hydrogen-bond acceptors (Lipinski definition) is 6. The first-order valence-electron chi connectivity index (χ1n) is 10.2. The number of carbonyl (C=O) groups excluding carboxylic acids is 3. The van der Waals surface area contributed by atoms with Crippen molar-refractivity contribution in [3.8, 4) is 11.1 Å². The lowest BCUT2D eigenvalue weighted by Gasteiger charge is -2.32. The molecular formula is C25H29N3O4. The van der Waals surface area contributed by atoms with Crippen LogP contribution in [0.15, 0.2) is 67.0 Å². The van der Waals surface area contributed by atoms with Gasteiger partial charge in [-0.1, -0.05) is 43.5 Å². The van der Waals surface area contributed by atoms with E-state index in [9.17, 15) is 9.59 Å². The zero-order chi connectivity index (χ0) is 23.7. The van der Waals surface area contributed by atoms with E-state index in [0.29, 0.717) is 18.8 Å². The second-order valence-electron chi connectivity index (χ2n) is 7.05. The van der Waals surface area contributed by atoms with Crippen LogP contribution < -0.4 is 10.6 Å². The number of carbonyl (C=O) groups is 3. The molecule has 0 fully saturated rings. The highest BCUT2D eigenvalue weighted by Crippen LogP contribution is 2.32. The molecular weight excluding hydrogens is 406 g/mol. The second-order valence-corrected chi connectivity index (χ2v) is 7.05. The smallest absolute Gasteiger partial charge is 0.353 e. The molecule has 1 heterocycles. The molecule has 32 heavy (non-hydrogen) atoms. The predicted molar refractivity (Wildman–Crippen MR) is 126 cm³/mol. The van der Waals surface area contributed by atoms with Gasteiger partial charge in [0.2, 0.25) is 0 Å². The molecule has 7 heteroatoms. The van der Waals surface area contributed by atoms with Gasteiger partial charge in [-0.25, -0.2) is 4.79 Å². The maximum Gasteiger partial charge on any atom is 0.353 e. The monoisotopic (exact) mass is 435 g/mol. The number of esters is 1. The number of anilines is 1. The predicted octanol–water partition coefficient (Wildman–Crippen LogP) is 3.28. The molecule has 2 aromatic carbocycles. The van der Waals surface area contributed by atoms with Crippen LogP contribution in [0.2, 0.25) is 0 Å². The van der Waals surface area contributed by atoms with Gasteiger partial charge in [-0.2, -0.15) is 0 Å². The molecule has 0 unspecified atom stereocenters. The standard InChI is InChI=1S/C23H25N3O3.C2H4O/c1-15(23(28)29-4)25-22(27)16(2)26-13-12-17-6-5-7-20(21(17)14-26)18-8-10-19(24-3)11-9-18;1-2-3/h5-11,24H,1-2,12-14H2,3-4H3,(H,25,27);2H,1H3. The normalized spacial score (nSPS) is 11.8. The fourth-order valence-electron chi connectivity index (χ4n) is 3.43. The number of aldehydes is 1. The lowest BCUT2D eigenvalue weighted by Crippen LogP contribution is -2.38. The number of fused-ring (bicyclic) bond motifs is 1. The molecule has 0 saturated carbocycles. The van der Waals surface area contributed by atoms with E-state index in [-0.39, 0.29) is 5.70 Å². The van der Waals surface area contributed by atoms with Crippen molar-refractivity contribution in [2.75, 3.05) is 26.0 Å². The van der Waals surface area contributed by atoms with Crippen LogP contribution in [0, 0.1) is 0 Å². The Kier molecular flexibility index (Phi) is 8.77. The first kappa shape index (κ1) is 24.4. The molecule has 168 valence electrons. The van der Waals surface area contributed by atoms with Gasteiger partial charge in [-0.3, -0.25) is 4.79 Å². The van der Waals surface area contributed by atoms with Gasteiger partial charge in [0, 0.05) is 25.8 Å². The quantitative estimate of drug-likeness (QED) is 0.411. The second kappa shape index (κ2) is 11.5. The van der Waals surface area contributed by atoms with Crippen molar-refractivity contribution in [2.24, 2.45) is 0 Å². The van der Waals surface area contributed by atoms with Crippen LogP contribution in [-0.4, -0.2) is 43.8 Å². The van der Waals surface area contributed by atoms with Gasteiger partial charge in [0.1, 0.15) is 12.0 Å². The van der Waals surface area contributed by atoms with Crippen LogP contribution in [0.4, 0.5) is 5.69 Å². The lowest BCUT2D eigenvalue weighted by molar-refractivity contribution is -0.137. The first-order chi connectivity index (χ1) is 15.4. The van der Waals surface area contributed by atoms with E-state index in [1.165, 1.54) is 25.2 Å². The van der Waals surface area contributed by atoms with Gasteiger partial charge in [-0.05, 0) is 47.7 Å². The summed E-state index contributed by atoms with van der Waals surface area (Å²) in [5.74, 6) is -1.14.